The molecule has 0 N–H and O–H groups in total. The lowest BCUT2D eigenvalue weighted by Gasteiger charge is -2.05. The molecule has 0 heterocycles. The first-order chi connectivity index (χ1) is 6.88. The van der Waals surface area contributed by atoms with E-state index < -0.39 is 0 Å². The van der Waals surface area contributed by atoms with Gasteiger partial charge in [0, 0.05) is 0 Å². The molecule has 2 aromatic rings. The average Bonchev–Trinajstić information content (AvgIpc) is 2.55. The summed E-state index contributed by atoms with van der Waals surface area (Å²) in [5.74, 6) is 0. The molecule has 0 spiro atoms. The molecule has 14 heavy (non-hydrogen) atoms. The number of benzene rings is 2. The van der Waals surface area contributed by atoms with E-state index in [1.165, 1.54) is 22.3 Å². The molecule has 0 saturated carbocycles. The van der Waals surface area contributed by atoms with Crippen molar-refractivity contribution in [1.29, 1.82) is 0 Å². The molecule has 0 amide bonds. The number of hydrogen-bond donors (Lipinski definition) is 0. The molecule has 0 nitrogen and oxygen atoms in total. The quantitative estimate of drug-likeness (QED) is 0.563. The first kappa shape index (κ1) is 8.29. The highest BCUT2D eigenvalue weighted by Crippen LogP contribution is 2.42. The van der Waals surface area contributed by atoms with Gasteiger partial charge in [0.25, 0.3) is 0 Å². The lowest BCUT2D eigenvalue weighted by molar-refractivity contribution is 1.20. The lowest BCUT2D eigenvalue weighted by Crippen LogP contribution is -1.93. The minimum absolute atomic E-state index is 0.474. The molecule has 0 aliphatic heterocycles. The predicted molar refractivity (Wildman–Crippen MR) is 59.5 cm³/mol. The van der Waals surface area contributed by atoms with Crippen molar-refractivity contribution in [2.75, 3.05) is 0 Å². The zero-order valence-electron chi connectivity index (χ0n) is 7.77. The Hall–Kier alpha value is -1.03. The van der Waals surface area contributed by atoms with Crippen LogP contribution < -0.4 is 0 Å². The summed E-state index contributed by atoms with van der Waals surface area (Å²) in [5.41, 5.74) is 5.64. The molecule has 2 aromatic carbocycles. The van der Waals surface area contributed by atoms with E-state index in [4.69, 9.17) is 0 Å². The molecule has 0 unspecified atom stereocenters. The van der Waals surface area contributed by atoms with Crippen LogP contribution in [0, 0.1) is 0 Å². The Balaban J connectivity index is 2.36. The molecule has 0 bridgehead atoms. The van der Waals surface area contributed by atoms with Crippen molar-refractivity contribution in [2.45, 2.75) is 4.78 Å². The highest BCUT2D eigenvalue weighted by atomic mass is 27.0. The minimum Gasteiger partial charge on any atom is -0.0620 e. The van der Waals surface area contributed by atoms with Gasteiger partial charge < -0.3 is 0 Å². The van der Waals surface area contributed by atoms with Crippen LogP contribution in [0.15, 0.2) is 48.5 Å². The lowest BCUT2D eigenvalue weighted by atomic mass is 10.1. The van der Waals surface area contributed by atoms with Crippen molar-refractivity contribution in [3.05, 3.63) is 59.7 Å². The third kappa shape index (κ3) is 1.00. The fourth-order valence-electron chi connectivity index (χ4n) is 2.19. The fraction of sp³-hybridized carbons (Fsp3) is 0.0769. The summed E-state index contributed by atoms with van der Waals surface area (Å²) < 4.78 is 0.474. The van der Waals surface area contributed by atoms with Crippen molar-refractivity contribution >= 4 is 16.3 Å². The van der Waals surface area contributed by atoms with Crippen LogP contribution in [-0.4, -0.2) is 16.3 Å². The minimum atomic E-state index is 0.474. The van der Waals surface area contributed by atoms with Crippen molar-refractivity contribution < 1.29 is 0 Å². The predicted octanol–water partition coefficient (Wildman–Crippen LogP) is 2.92. The van der Waals surface area contributed by atoms with Gasteiger partial charge in [-0.05, 0) is 22.3 Å². The summed E-state index contributed by atoms with van der Waals surface area (Å²) in [6, 6.07) is 17.3. The van der Waals surface area contributed by atoms with Gasteiger partial charge in [-0.15, -0.1) is 0 Å². The van der Waals surface area contributed by atoms with E-state index in [-0.39, 0.29) is 0 Å². The maximum Gasteiger partial charge on any atom is 0.139 e. The zero-order chi connectivity index (χ0) is 9.54. The first-order valence-electron chi connectivity index (χ1n) is 4.82. The van der Waals surface area contributed by atoms with E-state index in [0.717, 1.165) is 0 Å². The van der Waals surface area contributed by atoms with E-state index in [1.54, 1.807) is 0 Å². The van der Waals surface area contributed by atoms with Gasteiger partial charge in [-0.3, -0.25) is 0 Å². The van der Waals surface area contributed by atoms with Crippen LogP contribution in [0.4, 0.5) is 0 Å². The Bertz CT molecular complexity index is 443. The Morgan fingerprint density at radius 2 is 1.14 bits per heavy atom. The van der Waals surface area contributed by atoms with E-state index in [0.29, 0.717) is 4.78 Å². The second-order valence-electron chi connectivity index (χ2n) is 3.65. The van der Waals surface area contributed by atoms with E-state index >= 15 is 0 Å². The number of hydrogen-bond acceptors (Lipinski definition) is 0. The molecule has 1 aliphatic rings. The van der Waals surface area contributed by atoms with Crippen LogP contribution >= 0.6 is 0 Å². The summed E-state index contributed by atoms with van der Waals surface area (Å²) in [6.45, 7) is 0. The van der Waals surface area contributed by atoms with Crippen LogP contribution in [0.1, 0.15) is 15.9 Å². The van der Waals surface area contributed by atoms with Crippen LogP contribution in [0.25, 0.3) is 11.1 Å². The largest absolute Gasteiger partial charge is 0.139 e. The molecule has 0 fully saturated rings. The highest BCUT2D eigenvalue weighted by molar-refractivity contribution is 6.17. The Kier molecular flexibility index (Phi) is 1.77. The van der Waals surface area contributed by atoms with Crippen LogP contribution in [0.5, 0.6) is 0 Å². The molecular weight excluding hydrogens is 183 g/mol. The van der Waals surface area contributed by atoms with Crippen LogP contribution in [0.2, 0.25) is 0 Å². The van der Waals surface area contributed by atoms with E-state index in [9.17, 15) is 0 Å². The molecule has 3 rings (SSSR count). The molecule has 2 radical (unpaired) electrons. The third-order valence-electron chi connectivity index (χ3n) is 2.88. The average molecular weight is 192 g/mol. The van der Waals surface area contributed by atoms with Gasteiger partial charge in [0.15, 0.2) is 0 Å². The Labute approximate surface area is 92.0 Å². The Morgan fingerprint density at radius 3 is 1.64 bits per heavy atom. The first-order valence-corrected chi connectivity index (χ1v) is 5.48. The van der Waals surface area contributed by atoms with Gasteiger partial charge in [0.2, 0.25) is 0 Å². The molecule has 1 heteroatoms. The van der Waals surface area contributed by atoms with E-state index in [1.807, 2.05) is 0 Å². The highest BCUT2D eigenvalue weighted by Gasteiger charge is 2.22. The molecule has 1 aliphatic carbocycles. The van der Waals surface area contributed by atoms with Gasteiger partial charge in [0.1, 0.15) is 16.3 Å². The maximum atomic E-state index is 2.93. The van der Waals surface area contributed by atoms with Crippen molar-refractivity contribution in [3.63, 3.8) is 0 Å². The maximum absolute atomic E-state index is 2.93. The van der Waals surface area contributed by atoms with Gasteiger partial charge in [-0.1, -0.05) is 53.3 Å². The topological polar surface area (TPSA) is 0 Å². The molecule has 64 valence electrons. The van der Waals surface area contributed by atoms with Crippen molar-refractivity contribution in [1.82, 2.24) is 0 Å². The monoisotopic (exact) mass is 192 g/mol. The summed E-state index contributed by atoms with van der Waals surface area (Å²) >= 11 is 2.93. The van der Waals surface area contributed by atoms with Gasteiger partial charge in [-0.2, -0.15) is 0 Å². The zero-order valence-corrected chi connectivity index (χ0v) is 8.93. The molecular formula is C13H9Al. The van der Waals surface area contributed by atoms with Crippen molar-refractivity contribution in [2.24, 2.45) is 0 Å². The SMILES string of the molecule is [Al][CH]1c2ccccc2-c2ccccc21. The number of rotatable bonds is 0. The molecule has 0 atom stereocenters. The summed E-state index contributed by atoms with van der Waals surface area (Å²) in [4.78, 5) is 0. The van der Waals surface area contributed by atoms with Crippen molar-refractivity contribution in [3.8, 4) is 11.1 Å². The van der Waals surface area contributed by atoms with E-state index in [2.05, 4.69) is 64.8 Å². The Morgan fingerprint density at radius 1 is 0.714 bits per heavy atom. The summed E-state index contributed by atoms with van der Waals surface area (Å²) in [6.07, 6.45) is 0. The van der Waals surface area contributed by atoms with Gasteiger partial charge >= 0.3 is 0 Å². The smallest absolute Gasteiger partial charge is 0.0620 e. The summed E-state index contributed by atoms with van der Waals surface area (Å²) in [5, 5.41) is 0. The molecule has 0 aromatic heterocycles. The van der Waals surface area contributed by atoms with Crippen LogP contribution in [-0.2, 0) is 0 Å². The summed E-state index contributed by atoms with van der Waals surface area (Å²) in [7, 11) is 0. The standard InChI is InChI=1S/C13H9.Al/c1-3-7-12-10(5-1)9-11-6-2-4-8-13(11)12;/h1-9H;. The molecule has 0 saturated heterocycles. The second kappa shape index (κ2) is 2.99. The van der Waals surface area contributed by atoms with Gasteiger partial charge in [0.05, 0.1) is 0 Å². The third-order valence-corrected chi connectivity index (χ3v) is 3.60. The fourth-order valence-corrected chi connectivity index (χ4v) is 2.78. The van der Waals surface area contributed by atoms with Crippen LogP contribution in [0.3, 0.4) is 0 Å². The number of fused-ring (bicyclic) bond motifs is 3. The second-order valence-corrected chi connectivity index (χ2v) is 4.32. The van der Waals surface area contributed by atoms with Gasteiger partial charge in [-0.25, -0.2) is 0 Å². The normalized spacial score (nSPS) is 13.7.